The van der Waals surface area contributed by atoms with Gasteiger partial charge in [0.05, 0.1) is 11.6 Å². The zero-order valence-corrected chi connectivity index (χ0v) is 16.3. The third-order valence-corrected chi connectivity index (χ3v) is 5.49. The lowest BCUT2D eigenvalue weighted by Gasteiger charge is -2.43. The Morgan fingerprint density at radius 2 is 2.04 bits per heavy atom. The zero-order chi connectivity index (χ0) is 18.4. The van der Waals surface area contributed by atoms with E-state index in [2.05, 4.69) is 13.8 Å². The number of rotatable bonds is 2. The number of halogens is 2. The number of carbonyl (C=O) groups excluding carboxylic acids is 2. The van der Waals surface area contributed by atoms with Gasteiger partial charge in [0.25, 0.3) is 0 Å². The molecule has 3 rings (SSSR count). The predicted octanol–water partition coefficient (Wildman–Crippen LogP) is 2.49. The molecule has 2 saturated heterocycles. The standard InChI is InChI=1S/C19H26FN3O2.ClH/c1-12-4-5-15(14(20)8-12)23-10-13(9-17(23)24)18(25)22-7-6-16(21)19(2,3)11-22;/h4-5,8,13,16H,6-7,9-11,21H2,1-3H3;1H. The van der Waals surface area contributed by atoms with Crippen molar-refractivity contribution in [1.82, 2.24) is 4.90 Å². The van der Waals surface area contributed by atoms with Crippen LogP contribution in [0.15, 0.2) is 18.2 Å². The number of piperidine rings is 1. The van der Waals surface area contributed by atoms with Crippen LogP contribution in [0.25, 0.3) is 0 Å². The molecule has 2 N–H and O–H groups in total. The van der Waals surface area contributed by atoms with Crippen molar-refractivity contribution in [3.63, 3.8) is 0 Å². The van der Waals surface area contributed by atoms with Gasteiger partial charge >= 0.3 is 0 Å². The van der Waals surface area contributed by atoms with Crippen molar-refractivity contribution in [2.24, 2.45) is 17.1 Å². The molecule has 2 unspecified atom stereocenters. The smallest absolute Gasteiger partial charge is 0.228 e. The highest BCUT2D eigenvalue weighted by molar-refractivity contribution is 6.00. The largest absolute Gasteiger partial charge is 0.342 e. The summed E-state index contributed by atoms with van der Waals surface area (Å²) in [6, 6.07) is 4.86. The van der Waals surface area contributed by atoms with E-state index in [0.717, 1.165) is 12.0 Å². The maximum atomic E-state index is 14.2. The zero-order valence-electron chi connectivity index (χ0n) is 15.5. The third kappa shape index (κ3) is 3.86. The van der Waals surface area contributed by atoms with Crippen LogP contribution >= 0.6 is 12.4 Å². The van der Waals surface area contributed by atoms with Crippen LogP contribution in [0.4, 0.5) is 10.1 Å². The molecule has 0 saturated carbocycles. The molecular formula is C19H27ClFN3O2. The van der Waals surface area contributed by atoms with Gasteiger partial charge in [0.2, 0.25) is 11.8 Å². The summed E-state index contributed by atoms with van der Waals surface area (Å²) in [5, 5.41) is 0. The van der Waals surface area contributed by atoms with Crippen molar-refractivity contribution >= 4 is 29.9 Å². The van der Waals surface area contributed by atoms with Crippen molar-refractivity contribution in [1.29, 1.82) is 0 Å². The molecule has 0 aliphatic carbocycles. The number of hydrogen-bond donors (Lipinski definition) is 1. The van der Waals surface area contributed by atoms with Crippen molar-refractivity contribution in [3.05, 3.63) is 29.6 Å². The fraction of sp³-hybridized carbons (Fsp3) is 0.579. The second-order valence-corrected chi connectivity index (χ2v) is 8.00. The van der Waals surface area contributed by atoms with E-state index in [1.807, 2.05) is 4.90 Å². The summed E-state index contributed by atoms with van der Waals surface area (Å²) >= 11 is 0. The van der Waals surface area contributed by atoms with Crippen LogP contribution in [0.2, 0.25) is 0 Å². The number of hydrogen-bond acceptors (Lipinski definition) is 3. The molecule has 0 aromatic heterocycles. The highest BCUT2D eigenvalue weighted by Crippen LogP contribution is 2.32. The number of likely N-dealkylation sites (tertiary alicyclic amines) is 1. The molecule has 2 amide bonds. The van der Waals surface area contributed by atoms with Crippen LogP contribution in [0.3, 0.4) is 0 Å². The number of amides is 2. The first-order chi connectivity index (χ1) is 11.7. The molecule has 1 aromatic rings. The third-order valence-electron chi connectivity index (χ3n) is 5.49. The Hall–Kier alpha value is -1.66. The molecule has 26 heavy (non-hydrogen) atoms. The molecule has 2 heterocycles. The summed E-state index contributed by atoms with van der Waals surface area (Å²) in [6.07, 6.45) is 0.894. The Bertz CT molecular complexity index is 710. The van der Waals surface area contributed by atoms with E-state index < -0.39 is 11.7 Å². The summed E-state index contributed by atoms with van der Waals surface area (Å²) in [7, 11) is 0. The Balaban J connectivity index is 0.00000243. The average molecular weight is 384 g/mol. The summed E-state index contributed by atoms with van der Waals surface area (Å²) in [4.78, 5) is 28.4. The van der Waals surface area contributed by atoms with E-state index in [4.69, 9.17) is 5.73 Å². The fourth-order valence-corrected chi connectivity index (χ4v) is 3.76. The Labute approximate surface area is 160 Å². The van der Waals surface area contributed by atoms with Gasteiger partial charge in [0.15, 0.2) is 0 Å². The molecule has 2 aliphatic rings. The second-order valence-electron chi connectivity index (χ2n) is 8.00. The van der Waals surface area contributed by atoms with Crippen LogP contribution in [0.1, 0.15) is 32.3 Å². The highest BCUT2D eigenvalue weighted by Gasteiger charge is 2.41. The quantitative estimate of drug-likeness (QED) is 0.853. The number of nitrogens with two attached hydrogens (primary N) is 1. The minimum Gasteiger partial charge on any atom is -0.342 e. The molecule has 0 spiro atoms. The lowest BCUT2D eigenvalue weighted by Crippen LogP contribution is -2.55. The summed E-state index contributed by atoms with van der Waals surface area (Å²) in [5.41, 5.74) is 7.05. The van der Waals surface area contributed by atoms with Crippen molar-refractivity contribution < 1.29 is 14.0 Å². The summed E-state index contributed by atoms with van der Waals surface area (Å²) < 4.78 is 14.2. The Morgan fingerprint density at radius 3 is 2.65 bits per heavy atom. The molecule has 0 radical (unpaired) electrons. The van der Waals surface area contributed by atoms with Crippen molar-refractivity contribution in [2.75, 3.05) is 24.5 Å². The van der Waals surface area contributed by atoms with E-state index >= 15 is 0 Å². The summed E-state index contributed by atoms with van der Waals surface area (Å²) in [5.74, 6) is -1.07. The first-order valence-corrected chi connectivity index (χ1v) is 8.80. The highest BCUT2D eigenvalue weighted by atomic mass is 35.5. The van der Waals surface area contributed by atoms with Gasteiger partial charge in [-0.3, -0.25) is 9.59 Å². The molecule has 7 heteroatoms. The fourth-order valence-electron chi connectivity index (χ4n) is 3.76. The predicted molar refractivity (Wildman–Crippen MR) is 102 cm³/mol. The van der Waals surface area contributed by atoms with Crippen molar-refractivity contribution in [3.8, 4) is 0 Å². The average Bonchev–Trinajstić information content (AvgIpc) is 2.91. The Kier molecular flexibility index (Phi) is 5.98. The van der Waals surface area contributed by atoms with Gasteiger partial charge in [-0.15, -0.1) is 12.4 Å². The van der Waals surface area contributed by atoms with Gasteiger partial charge in [0.1, 0.15) is 5.82 Å². The first-order valence-electron chi connectivity index (χ1n) is 8.80. The van der Waals surface area contributed by atoms with Gasteiger partial charge in [-0.05, 0) is 36.5 Å². The molecule has 2 fully saturated rings. The monoisotopic (exact) mass is 383 g/mol. The molecule has 2 atom stereocenters. The first kappa shape index (κ1) is 20.6. The number of benzene rings is 1. The van der Waals surface area contributed by atoms with Gasteiger partial charge < -0.3 is 15.5 Å². The molecule has 5 nitrogen and oxygen atoms in total. The summed E-state index contributed by atoms with van der Waals surface area (Å²) in [6.45, 7) is 7.37. The lowest BCUT2D eigenvalue weighted by atomic mass is 9.79. The van der Waals surface area contributed by atoms with Crippen LogP contribution in [0, 0.1) is 24.1 Å². The maximum Gasteiger partial charge on any atom is 0.228 e. The maximum absolute atomic E-state index is 14.2. The van der Waals surface area contributed by atoms with E-state index in [-0.39, 0.29) is 54.3 Å². The number of anilines is 1. The van der Waals surface area contributed by atoms with E-state index in [1.165, 1.54) is 11.0 Å². The number of carbonyl (C=O) groups is 2. The van der Waals surface area contributed by atoms with Crippen LogP contribution in [-0.2, 0) is 9.59 Å². The second kappa shape index (κ2) is 7.53. The minimum atomic E-state index is -0.425. The lowest BCUT2D eigenvalue weighted by molar-refractivity contribution is -0.139. The van der Waals surface area contributed by atoms with Gasteiger partial charge in [0, 0.05) is 32.1 Å². The minimum absolute atomic E-state index is 0. The molecule has 2 aliphatic heterocycles. The molecular weight excluding hydrogens is 357 g/mol. The van der Waals surface area contributed by atoms with E-state index in [0.29, 0.717) is 13.1 Å². The van der Waals surface area contributed by atoms with Gasteiger partial charge in [-0.25, -0.2) is 4.39 Å². The molecule has 1 aromatic carbocycles. The van der Waals surface area contributed by atoms with Crippen LogP contribution < -0.4 is 10.6 Å². The topological polar surface area (TPSA) is 66.6 Å². The van der Waals surface area contributed by atoms with E-state index in [9.17, 15) is 14.0 Å². The van der Waals surface area contributed by atoms with Crippen LogP contribution in [-0.4, -0.2) is 42.4 Å². The number of aryl methyl sites for hydroxylation is 1. The van der Waals surface area contributed by atoms with Crippen LogP contribution in [0.5, 0.6) is 0 Å². The van der Waals surface area contributed by atoms with Gasteiger partial charge in [-0.2, -0.15) is 0 Å². The van der Waals surface area contributed by atoms with Crippen molar-refractivity contribution in [2.45, 2.75) is 39.7 Å². The Morgan fingerprint density at radius 1 is 1.35 bits per heavy atom. The molecule has 0 bridgehead atoms. The SMILES string of the molecule is Cc1ccc(N2CC(C(=O)N3CCC(N)C(C)(C)C3)CC2=O)c(F)c1.Cl. The molecule has 144 valence electrons. The number of nitrogens with zero attached hydrogens (tertiary/aromatic N) is 2. The van der Waals surface area contributed by atoms with Gasteiger partial charge in [-0.1, -0.05) is 19.9 Å². The van der Waals surface area contributed by atoms with E-state index in [1.54, 1.807) is 19.1 Å². The normalized spacial score (nSPS) is 25.2.